The summed E-state index contributed by atoms with van der Waals surface area (Å²) in [7, 11) is 2.18. The van der Waals surface area contributed by atoms with Crippen LogP contribution in [0.5, 0.6) is 0 Å². The van der Waals surface area contributed by atoms with E-state index in [1.54, 1.807) is 13.3 Å². The van der Waals surface area contributed by atoms with E-state index in [-0.39, 0.29) is 0 Å². The molecule has 0 amide bonds. The second kappa shape index (κ2) is 11.5. The van der Waals surface area contributed by atoms with Crippen molar-refractivity contribution in [3.05, 3.63) is 0 Å². The van der Waals surface area contributed by atoms with Crippen LogP contribution in [0.1, 0.15) is 59.3 Å². The van der Waals surface area contributed by atoms with Crippen molar-refractivity contribution < 1.29 is 0 Å². The predicted octanol–water partition coefficient (Wildman–Crippen LogP) is 5.26. The van der Waals surface area contributed by atoms with Crippen LogP contribution in [0.2, 0.25) is 13.3 Å². The molecule has 0 aliphatic rings. The van der Waals surface area contributed by atoms with Crippen LogP contribution in [0.15, 0.2) is 0 Å². The van der Waals surface area contributed by atoms with Gasteiger partial charge >= 0.3 is 125 Å². The number of thiocarbonyl (C=S) groups is 1. The predicted molar refractivity (Wildman–Crippen MR) is 91.2 cm³/mol. The Morgan fingerprint density at radius 2 is 1.28 bits per heavy atom. The molecule has 0 aliphatic heterocycles. The molecule has 0 heterocycles. The number of nitrogens with zero attached hydrogens (tertiary/aromatic N) is 1. The number of hydrogen-bond acceptors (Lipinski definition) is 1. The third-order valence-electron chi connectivity index (χ3n) is 3.95. The van der Waals surface area contributed by atoms with Gasteiger partial charge in [-0.1, -0.05) is 0 Å². The average Bonchev–Trinajstić information content (AvgIpc) is 2.40. The fraction of sp³-hybridized carbons (Fsp3) is 0.933. The quantitative estimate of drug-likeness (QED) is 0.337. The van der Waals surface area contributed by atoms with Crippen molar-refractivity contribution in [1.82, 2.24) is 4.90 Å². The van der Waals surface area contributed by atoms with E-state index in [0.29, 0.717) is 0 Å². The molecule has 108 valence electrons. The van der Waals surface area contributed by atoms with E-state index in [1.807, 2.05) is 5.49 Å². The van der Waals surface area contributed by atoms with Gasteiger partial charge in [0.15, 0.2) is 0 Å². The standard InChI is InChI=1S/3C4H9.C3H6NS.Sn/c3*1-3-4-2;1-4(2)3-5;/h3*1,3-4H2,2H3;3H,1H2,2H3;. The van der Waals surface area contributed by atoms with Crippen LogP contribution in [0, 0.1) is 0 Å². The van der Waals surface area contributed by atoms with Crippen LogP contribution in [-0.2, 0) is 0 Å². The van der Waals surface area contributed by atoms with Crippen molar-refractivity contribution in [1.29, 1.82) is 0 Å². The Hall–Kier alpha value is 0.689. The molecule has 18 heavy (non-hydrogen) atoms. The normalized spacial score (nSPS) is 11.6. The first-order chi connectivity index (χ1) is 8.64. The van der Waals surface area contributed by atoms with Gasteiger partial charge in [0.1, 0.15) is 0 Å². The van der Waals surface area contributed by atoms with Crippen LogP contribution in [0.25, 0.3) is 0 Å². The summed E-state index contributed by atoms with van der Waals surface area (Å²) in [6, 6.07) is 0. The van der Waals surface area contributed by atoms with E-state index < -0.39 is 18.4 Å². The Kier molecular flexibility index (Phi) is 12.0. The fourth-order valence-corrected chi connectivity index (χ4v) is 19.5. The van der Waals surface area contributed by atoms with Gasteiger partial charge in [0.2, 0.25) is 0 Å². The Morgan fingerprint density at radius 3 is 1.56 bits per heavy atom. The van der Waals surface area contributed by atoms with E-state index in [9.17, 15) is 0 Å². The number of rotatable bonds is 12. The topological polar surface area (TPSA) is 3.24 Å². The summed E-state index contributed by atoms with van der Waals surface area (Å²) < 4.78 is 6.11. The van der Waals surface area contributed by atoms with Gasteiger partial charge in [0.25, 0.3) is 0 Å². The minimum absolute atomic E-state index is 1.36. The molecular weight excluding hydrogens is 345 g/mol. The maximum atomic E-state index is 5.11. The van der Waals surface area contributed by atoms with E-state index in [1.165, 1.54) is 43.1 Å². The van der Waals surface area contributed by atoms with Gasteiger partial charge in [-0.25, -0.2) is 0 Å². The average molecular weight is 378 g/mol. The van der Waals surface area contributed by atoms with E-state index in [2.05, 4.69) is 32.7 Å². The van der Waals surface area contributed by atoms with E-state index in [4.69, 9.17) is 12.2 Å². The second-order valence-electron chi connectivity index (χ2n) is 5.83. The molecule has 3 heteroatoms. The fourth-order valence-electron chi connectivity index (χ4n) is 2.83. The molecule has 0 saturated heterocycles. The van der Waals surface area contributed by atoms with Crippen LogP contribution in [0.3, 0.4) is 0 Å². The zero-order valence-corrected chi connectivity index (χ0v) is 16.7. The van der Waals surface area contributed by atoms with Gasteiger partial charge in [0.05, 0.1) is 0 Å². The molecule has 0 saturated carbocycles. The van der Waals surface area contributed by atoms with Gasteiger partial charge in [-0.2, -0.15) is 0 Å². The van der Waals surface area contributed by atoms with Gasteiger partial charge in [0, 0.05) is 0 Å². The molecule has 0 spiro atoms. The van der Waals surface area contributed by atoms with E-state index in [0.717, 1.165) is 0 Å². The van der Waals surface area contributed by atoms with Crippen molar-refractivity contribution >= 4 is 36.1 Å². The summed E-state index contributed by atoms with van der Waals surface area (Å²) in [6.45, 7) is 7.00. The maximum absolute atomic E-state index is 5.11. The van der Waals surface area contributed by atoms with Crippen LogP contribution in [0.4, 0.5) is 0 Å². The van der Waals surface area contributed by atoms with Crippen LogP contribution < -0.4 is 0 Å². The zero-order chi connectivity index (χ0) is 13.9. The molecule has 0 atom stereocenters. The summed E-state index contributed by atoms with van der Waals surface area (Å²) >= 11 is 3.17. The monoisotopic (exact) mass is 379 g/mol. The molecule has 0 rings (SSSR count). The van der Waals surface area contributed by atoms with Crippen LogP contribution in [-0.4, -0.2) is 40.4 Å². The van der Waals surface area contributed by atoms with Gasteiger partial charge < -0.3 is 0 Å². The van der Waals surface area contributed by atoms with Gasteiger partial charge in [-0.05, 0) is 0 Å². The third kappa shape index (κ3) is 7.98. The van der Waals surface area contributed by atoms with Crippen molar-refractivity contribution in [3.63, 3.8) is 0 Å². The van der Waals surface area contributed by atoms with Crippen molar-refractivity contribution in [2.75, 3.05) is 11.6 Å². The molecular formula is C15H33NSSn. The molecule has 0 aliphatic carbocycles. The van der Waals surface area contributed by atoms with Gasteiger partial charge in [-0.15, -0.1) is 0 Å². The molecule has 0 N–H and O–H groups in total. The van der Waals surface area contributed by atoms with E-state index >= 15 is 0 Å². The molecule has 0 aromatic carbocycles. The summed E-state index contributed by atoms with van der Waals surface area (Å²) in [5.74, 6) is 0. The molecule has 0 fully saturated rings. The Balaban J connectivity index is 4.66. The third-order valence-corrected chi connectivity index (χ3v) is 19.8. The van der Waals surface area contributed by atoms with Crippen LogP contribution >= 0.6 is 12.2 Å². The molecule has 0 aromatic rings. The number of hydrogen-bond donors (Lipinski definition) is 0. The first-order valence-corrected chi connectivity index (χ1v) is 16.3. The van der Waals surface area contributed by atoms with Crippen molar-refractivity contribution in [2.45, 2.75) is 72.6 Å². The summed E-state index contributed by atoms with van der Waals surface area (Å²) in [5, 5.41) is 0. The summed E-state index contributed by atoms with van der Waals surface area (Å²) in [4.78, 5) is 2.31. The Morgan fingerprint density at radius 1 is 0.889 bits per heavy atom. The minimum atomic E-state index is -1.94. The first kappa shape index (κ1) is 18.7. The van der Waals surface area contributed by atoms with Crippen molar-refractivity contribution in [3.8, 4) is 0 Å². The molecule has 0 aromatic heterocycles. The molecule has 0 bridgehead atoms. The molecule has 0 radical (unpaired) electrons. The zero-order valence-electron chi connectivity index (χ0n) is 13.0. The molecule has 1 nitrogen and oxygen atoms in total. The SMILES string of the molecule is CCC[CH2][Sn]([CH2]CCC)([CH2]CCC)[CH2]N(C)C=S. The summed E-state index contributed by atoms with van der Waals surface area (Å²) in [5.41, 5.74) is 1.87. The summed E-state index contributed by atoms with van der Waals surface area (Å²) in [6.07, 6.45) is 8.44. The Bertz CT molecular complexity index is 187. The second-order valence-corrected chi connectivity index (χ2v) is 19.8. The molecule has 0 unspecified atom stereocenters. The Labute approximate surface area is 125 Å². The first-order valence-electron chi connectivity index (χ1n) is 7.79. The number of unbranched alkanes of at least 4 members (excludes halogenated alkanes) is 3. The van der Waals surface area contributed by atoms with Crippen molar-refractivity contribution in [2.24, 2.45) is 0 Å². The van der Waals surface area contributed by atoms with Gasteiger partial charge in [-0.3, -0.25) is 0 Å².